The summed E-state index contributed by atoms with van der Waals surface area (Å²) in [5, 5.41) is 0. The minimum Gasteiger partial charge on any atom is -0.172 e. The number of hydrogen-bond acceptors (Lipinski definition) is 3. The van der Waals surface area contributed by atoms with E-state index in [9.17, 15) is 0 Å². The minimum absolute atomic E-state index is 0.784. The minimum atomic E-state index is 0.784. The molecule has 2 fully saturated rings. The highest BCUT2D eigenvalue weighted by Gasteiger charge is 2.18. The van der Waals surface area contributed by atoms with Crippen molar-refractivity contribution in [1.82, 2.24) is 8.75 Å². The van der Waals surface area contributed by atoms with Crippen LogP contribution in [0.4, 0.5) is 0 Å². The molecular weight excluding hydrogens is 468 g/mol. The van der Waals surface area contributed by atoms with Crippen LogP contribution in [0.1, 0.15) is 33.4 Å². The fourth-order valence-electron chi connectivity index (χ4n) is 3.93. The Bertz CT molecular complexity index is 1600. The van der Waals surface area contributed by atoms with Gasteiger partial charge in [-0.3, -0.25) is 0 Å². The van der Waals surface area contributed by atoms with Crippen molar-refractivity contribution in [2.24, 2.45) is 0 Å². The lowest BCUT2D eigenvalue weighted by Crippen LogP contribution is -1.94. The van der Waals surface area contributed by atoms with Gasteiger partial charge in [0, 0.05) is 22.6 Å². The lowest BCUT2D eigenvalue weighted by atomic mass is 9.96. The fourth-order valence-corrected chi connectivity index (χ4v) is 4.50. The molecule has 2 nitrogen and oxygen atoms in total. The molecule has 3 aromatic carbocycles. The molecule has 0 aliphatic heterocycles. The van der Waals surface area contributed by atoms with Crippen molar-refractivity contribution in [1.29, 1.82) is 0 Å². The molecule has 0 atom stereocenters. The summed E-state index contributed by atoms with van der Waals surface area (Å²) in [5.41, 5.74) is 7.26. The molecule has 170 valence electrons. The van der Waals surface area contributed by atoms with Crippen LogP contribution in [0.25, 0.3) is 11.0 Å². The van der Waals surface area contributed by atoms with Crippen LogP contribution in [-0.2, 0) is 0 Å². The average molecular weight is 487 g/mol. The molecule has 0 unspecified atom stereocenters. The zero-order valence-electron chi connectivity index (χ0n) is 19.7. The monoisotopic (exact) mass is 486 g/mol. The van der Waals surface area contributed by atoms with Gasteiger partial charge < -0.3 is 0 Å². The molecule has 10 radical (unpaired) electrons. The van der Waals surface area contributed by atoms with Gasteiger partial charge >= 0.3 is 0 Å². The summed E-state index contributed by atoms with van der Waals surface area (Å²) in [6.45, 7) is 0. The number of fused-ring (bicyclic) bond motifs is 1. The van der Waals surface area contributed by atoms with Crippen molar-refractivity contribution in [3.63, 3.8) is 0 Å². The summed E-state index contributed by atoms with van der Waals surface area (Å²) >= 11 is 1.18. The van der Waals surface area contributed by atoms with Crippen molar-refractivity contribution in [2.75, 3.05) is 0 Å². The Morgan fingerprint density at radius 1 is 0.514 bits per heavy atom. The SMILES string of the molecule is C(#Cc1ccc(C#Cc2ccc(C#Cc3cccc([C]4[CH][CH][CH][CH]4)c3)c3nsnc23)cc1)[C]1[CH][CH][CH][CH]1. The average Bonchev–Trinajstić information content (AvgIpc) is 3.74. The maximum atomic E-state index is 4.50. The highest BCUT2D eigenvalue weighted by molar-refractivity contribution is 7.00. The summed E-state index contributed by atoms with van der Waals surface area (Å²) in [5.74, 6) is 21.6. The zero-order chi connectivity index (χ0) is 24.9. The van der Waals surface area contributed by atoms with Gasteiger partial charge in [0.2, 0.25) is 0 Å². The summed E-state index contributed by atoms with van der Waals surface area (Å²) in [6.07, 6.45) is 16.3. The van der Waals surface area contributed by atoms with Crippen molar-refractivity contribution >= 4 is 22.8 Å². The molecule has 37 heavy (non-hydrogen) atoms. The second-order valence-electron chi connectivity index (χ2n) is 8.38. The predicted octanol–water partition coefficient (Wildman–Crippen LogP) is 6.00. The van der Waals surface area contributed by atoms with E-state index in [4.69, 9.17) is 0 Å². The van der Waals surface area contributed by atoms with Gasteiger partial charge in [-0.2, -0.15) is 8.75 Å². The first kappa shape index (κ1) is 23.6. The van der Waals surface area contributed by atoms with Crippen LogP contribution >= 0.6 is 11.7 Å². The zero-order valence-corrected chi connectivity index (χ0v) is 20.5. The largest absolute Gasteiger partial charge is 0.172 e. The maximum Gasteiger partial charge on any atom is 0.121 e. The van der Waals surface area contributed by atoms with Crippen LogP contribution in [0.5, 0.6) is 0 Å². The van der Waals surface area contributed by atoms with Gasteiger partial charge in [0.25, 0.3) is 0 Å². The molecule has 1 heterocycles. The van der Waals surface area contributed by atoms with E-state index in [1.165, 1.54) is 17.6 Å². The number of nitrogens with zero attached hydrogens (tertiary/aromatic N) is 2. The van der Waals surface area contributed by atoms with Gasteiger partial charge in [-0.25, -0.2) is 0 Å². The molecule has 1 aromatic heterocycles. The molecular formula is C34H18N2S. The Morgan fingerprint density at radius 3 is 1.73 bits per heavy atom. The number of benzene rings is 3. The van der Waals surface area contributed by atoms with E-state index in [-0.39, 0.29) is 0 Å². The van der Waals surface area contributed by atoms with E-state index in [1.807, 2.05) is 87.1 Å². The second kappa shape index (κ2) is 11.0. The van der Waals surface area contributed by atoms with E-state index in [2.05, 4.69) is 69.2 Å². The Hall–Kier alpha value is -3.84. The Balaban J connectivity index is 1.20. The summed E-state index contributed by atoms with van der Waals surface area (Å²) < 4.78 is 9.00. The first-order valence-electron chi connectivity index (χ1n) is 11.8. The molecule has 2 aliphatic rings. The molecule has 0 amide bonds. The molecule has 4 aromatic rings. The van der Waals surface area contributed by atoms with Crippen LogP contribution in [0.15, 0.2) is 60.7 Å². The molecule has 0 saturated heterocycles. The molecule has 0 spiro atoms. The van der Waals surface area contributed by atoms with Gasteiger partial charge in [0.1, 0.15) is 11.0 Å². The van der Waals surface area contributed by atoms with Crippen molar-refractivity contribution in [2.45, 2.75) is 0 Å². The lowest BCUT2D eigenvalue weighted by Gasteiger charge is -2.07. The van der Waals surface area contributed by atoms with Crippen LogP contribution in [-0.4, -0.2) is 8.75 Å². The molecule has 6 rings (SSSR count). The van der Waals surface area contributed by atoms with Gasteiger partial charge in [-0.1, -0.05) is 47.7 Å². The quantitative estimate of drug-likeness (QED) is 0.309. The first-order valence-corrected chi connectivity index (χ1v) is 12.5. The topological polar surface area (TPSA) is 25.8 Å². The van der Waals surface area contributed by atoms with Crippen LogP contribution in [0, 0.1) is 98.7 Å². The highest BCUT2D eigenvalue weighted by atomic mass is 32.1. The Labute approximate surface area is 223 Å². The van der Waals surface area contributed by atoms with E-state index < -0.39 is 0 Å². The van der Waals surface area contributed by atoms with Crippen LogP contribution in [0.3, 0.4) is 0 Å². The third-order valence-electron chi connectivity index (χ3n) is 5.86. The molecule has 2 saturated carbocycles. The Kier molecular flexibility index (Phi) is 7.03. The third-order valence-corrected chi connectivity index (χ3v) is 6.38. The molecule has 3 heteroatoms. The summed E-state index contributed by atoms with van der Waals surface area (Å²) in [4.78, 5) is 0. The standard InChI is InChI=1S/C34H18N2S/c1-2-7-25(6-1)12-13-26-14-16-27(17-15-26)18-20-30-22-23-31(34-33(30)35-37-36-34)21-19-28-8-5-11-32(24-28)29-9-3-4-10-29/h1-11,14-17,22-24H. The number of rotatable bonds is 1. The number of hydrogen-bond donors (Lipinski definition) is 0. The van der Waals surface area contributed by atoms with Crippen molar-refractivity contribution in [3.8, 4) is 35.5 Å². The molecule has 0 N–H and O–H groups in total. The maximum absolute atomic E-state index is 4.50. The van der Waals surface area contributed by atoms with Crippen molar-refractivity contribution < 1.29 is 0 Å². The summed E-state index contributed by atoms with van der Waals surface area (Å²) in [7, 11) is 0. The predicted molar refractivity (Wildman–Crippen MR) is 149 cm³/mol. The van der Waals surface area contributed by atoms with Gasteiger partial charge in [-0.05, 0) is 105 Å². The smallest absolute Gasteiger partial charge is 0.121 e. The fraction of sp³-hybridized carbons (Fsp3) is 0. The van der Waals surface area contributed by atoms with E-state index in [0.717, 1.165) is 50.3 Å². The second-order valence-corrected chi connectivity index (χ2v) is 8.91. The lowest BCUT2D eigenvalue weighted by molar-refractivity contribution is 1.28. The first-order chi connectivity index (χ1) is 18.3. The van der Waals surface area contributed by atoms with E-state index in [0.29, 0.717) is 0 Å². The Morgan fingerprint density at radius 2 is 1.08 bits per heavy atom. The van der Waals surface area contributed by atoms with E-state index >= 15 is 0 Å². The van der Waals surface area contributed by atoms with Gasteiger partial charge in [-0.15, -0.1) is 0 Å². The van der Waals surface area contributed by atoms with Gasteiger partial charge in [0.15, 0.2) is 0 Å². The van der Waals surface area contributed by atoms with Crippen molar-refractivity contribution in [3.05, 3.63) is 157 Å². The normalized spacial score (nSPS) is 15.5. The van der Waals surface area contributed by atoms with E-state index in [1.54, 1.807) is 0 Å². The highest BCUT2D eigenvalue weighted by Crippen LogP contribution is 2.30. The van der Waals surface area contributed by atoms with Crippen LogP contribution < -0.4 is 0 Å². The third kappa shape index (κ3) is 5.62. The summed E-state index contributed by atoms with van der Waals surface area (Å²) in [6, 6.07) is 20.2. The number of aromatic nitrogens is 2. The molecule has 2 aliphatic carbocycles. The molecule has 0 bridgehead atoms. The van der Waals surface area contributed by atoms with Crippen LogP contribution in [0.2, 0.25) is 0 Å². The van der Waals surface area contributed by atoms with Gasteiger partial charge in [0.05, 0.1) is 28.8 Å².